The fourth-order valence-corrected chi connectivity index (χ4v) is 7.27. The molecule has 0 saturated heterocycles. The van der Waals surface area contributed by atoms with E-state index in [1.165, 1.54) is 0 Å². The van der Waals surface area contributed by atoms with Gasteiger partial charge in [-0.25, -0.2) is 0 Å². The lowest BCUT2D eigenvalue weighted by molar-refractivity contribution is -0.137. The van der Waals surface area contributed by atoms with E-state index >= 15 is 13.2 Å². The molecule has 2 aromatic heterocycles. The summed E-state index contributed by atoms with van der Waals surface area (Å²) in [7, 11) is 0. The highest BCUT2D eigenvalue weighted by Gasteiger charge is 2.40. The number of hydrogen-bond donors (Lipinski definition) is 0. The first kappa shape index (κ1) is 29.6. The van der Waals surface area contributed by atoms with E-state index in [9.17, 15) is 5.26 Å². The van der Waals surface area contributed by atoms with Crippen LogP contribution in [0, 0.1) is 39.0 Å². The van der Waals surface area contributed by atoms with E-state index < -0.39 is 11.7 Å². The highest BCUT2D eigenvalue weighted by molar-refractivity contribution is 6.12. The van der Waals surface area contributed by atoms with Crippen LogP contribution in [-0.4, -0.2) is 9.13 Å². The van der Waals surface area contributed by atoms with Crippen molar-refractivity contribution in [1.29, 1.82) is 5.26 Å². The van der Waals surface area contributed by atoms with Crippen LogP contribution >= 0.6 is 0 Å². The Balaban J connectivity index is 1.61. The van der Waals surface area contributed by atoms with Gasteiger partial charge in [0.15, 0.2) is 0 Å². The first-order valence-electron chi connectivity index (χ1n) is 15.8. The number of aryl methyl sites for hydroxylation is 4. The molecule has 0 spiro atoms. The van der Waals surface area contributed by atoms with Crippen LogP contribution in [-0.2, 0) is 6.18 Å². The number of hydrogen-bond acceptors (Lipinski definition) is 1. The van der Waals surface area contributed by atoms with Crippen LogP contribution in [0.15, 0.2) is 109 Å². The summed E-state index contributed by atoms with van der Waals surface area (Å²) in [6.45, 7) is 7.97. The summed E-state index contributed by atoms with van der Waals surface area (Å²) in [5.74, 6) is 0. The molecule has 6 aromatic carbocycles. The predicted octanol–water partition coefficient (Wildman–Crippen LogP) is 11.7. The summed E-state index contributed by atoms with van der Waals surface area (Å²) in [5.41, 5.74) is 7.46. The highest BCUT2D eigenvalue weighted by atomic mass is 19.4. The summed E-state index contributed by atoms with van der Waals surface area (Å²) < 4.78 is 51.9. The summed E-state index contributed by atoms with van der Waals surface area (Å²) in [4.78, 5) is 0. The minimum Gasteiger partial charge on any atom is -0.309 e. The van der Waals surface area contributed by atoms with Crippen LogP contribution in [0.5, 0.6) is 0 Å². The Morgan fingerprint density at radius 2 is 1.00 bits per heavy atom. The average molecular weight is 634 g/mol. The van der Waals surface area contributed by atoms with Crippen molar-refractivity contribution in [3.8, 4) is 28.6 Å². The number of alkyl halides is 3. The van der Waals surface area contributed by atoms with Crippen molar-refractivity contribution in [1.82, 2.24) is 9.13 Å². The van der Waals surface area contributed by atoms with Crippen LogP contribution < -0.4 is 0 Å². The van der Waals surface area contributed by atoms with Crippen LogP contribution in [0.2, 0.25) is 0 Å². The van der Waals surface area contributed by atoms with Gasteiger partial charge in [0.1, 0.15) is 5.56 Å². The fraction of sp³-hybridized carbons (Fsp3) is 0.119. The maximum absolute atomic E-state index is 16.1. The molecule has 0 aliphatic rings. The second-order valence-electron chi connectivity index (χ2n) is 12.8. The second kappa shape index (κ2) is 10.6. The van der Waals surface area contributed by atoms with E-state index in [-0.39, 0.29) is 11.4 Å². The number of nitrogens with zero attached hydrogens (tertiary/aromatic N) is 3. The molecule has 48 heavy (non-hydrogen) atoms. The van der Waals surface area contributed by atoms with Gasteiger partial charge < -0.3 is 9.13 Å². The summed E-state index contributed by atoms with van der Waals surface area (Å²) in [5, 5.41) is 13.3. The monoisotopic (exact) mass is 633 g/mol. The Kier molecular flexibility index (Phi) is 6.54. The molecule has 2 heterocycles. The molecule has 3 nitrogen and oxygen atoms in total. The number of rotatable bonds is 3. The lowest BCUT2D eigenvalue weighted by Gasteiger charge is -2.24. The van der Waals surface area contributed by atoms with Crippen LogP contribution in [0.4, 0.5) is 13.2 Å². The molecule has 0 atom stereocenters. The summed E-state index contributed by atoms with van der Waals surface area (Å²) in [6, 6.07) is 35.9. The van der Waals surface area contributed by atoms with Gasteiger partial charge in [-0.3, -0.25) is 0 Å². The molecule has 0 unspecified atom stereocenters. The van der Waals surface area contributed by atoms with Gasteiger partial charge in [0.25, 0.3) is 0 Å². The number of nitriles is 1. The number of aromatic nitrogens is 2. The zero-order valence-electron chi connectivity index (χ0n) is 26.9. The van der Waals surface area contributed by atoms with E-state index in [4.69, 9.17) is 0 Å². The highest BCUT2D eigenvalue weighted by Crippen LogP contribution is 2.48. The molecule has 0 saturated carbocycles. The van der Waals surface area contributed by atoms with Crippen LogP contribution in [0.3, 0.4) is 0 Å². The normalized spacial score (nSPS) is 12.0. The first-order valence-corrected chi connectivity index (χ1v) is 15.8. The van der Waals surface area contributed by atoms with Crippen molar-refractivity contribution in [2.45, 2.75) is 33.9 Å². The van der Waals surface area contributed by atoms with Gasteiger partial charge in [-0.05, 0) is 100.0 Å². The third kappa shape index (κ3) is 4.50. The zero-order valence-corrected chi connectivity index (χ0v) is 26.9. The molecule has 8 aromatic rings. The SMILES string of the molecule is Cc1ccc2c(c1)c1cc(C)ccc1n2-c1ccc(-c2cccc(C#N)c2)c(-n2c3ccc(C)cc3c3cc(C)ccc32)c1C(F)(F)F. The van der Waals surface area contributed by atoms with E-state index in [0.29, 0.717) is 38.8 Å². The second-order valence-corrected chi connectivity index (χ2v) is 12.8. The van der Waals surface area contributed by atoms with E-state index in [1.54, 1.807) is 45.5 Å². The lowest BCUT2D eigenvalue weighted by Crippen LogP contribution is -2.17. The third-order valence-corrected chi connectivity index (χ3v) is 9.36. The topological polar surface area (TPSA) is 33.6 Å². The Hall–Kier alpha value is -5.80. The first-order chi connectivity index (χ1) is 23.0. The quantitative estimate of drug-likeness (QED) is 0.191. The minimum atomic E-state index is -4.76. The number of fused-ring (bicyclic) bond motifs is 6. The maximum atomic E-state index is 16.1. The van der Waals surface area contributed by atoms with Gasteiger partial charge in [0, 0.05) is 27.1 Å². The Labute approximate surface area is 275 Å². The molecule has 0 bridgehead atoms. The van der Waals surface area contributed by atoms with Gasteiger partial charge in [-0.1, -0.05) is 64.7 Å². The molecule has 0 N–H and O–H groups in total. The van der Waals surface area contributed by atoms with E-state index in [0.717, 1.165) is 43.8 Å². The van der Waals surface area contributed by atoms with Crippen molar-refractivity contribution < 1.29 is 13.2 Å². The minimum absolute atomic E-state index is 0.0250. The predicted molar refractivity (Wildman–Crippen MR) is 189 cm³/mol. The maximum Gasteiger partial charge on any atom is 0.420 e. The molecule has 0 amide bonds. The van der Waals surface area contributed by atoms with Crippen LogP contribution in [0.25, 0.3) is 66.1 Å². The van der Waals surface area contributed by atoms with Gasteiger partial charge >= 0.3 is 6.18 Å². The fourth-order valence-electron chi connectivity index (χ4n) is 7.27. The summed E-state index contributed by atoms with van der Waals surface area (Å²) in [6.07, 6.45) is -4.76. The van der Waals surface area contributed by atoms with Gasteiger partial charge in [-0.2, -0.15) is 18.4 Å². The standard InChI is InChI=1S/C42H30F3N3/c1-24-8-13-35-31(18-24)32-19-25(2)9-14-36(32)47(35)39-17-12-30(29-7-5-6-28(22-29)23-46)41(40(39)42(43,44)45)48-37-15-10-26(3)20-33(37)34-21-27(4)11-16-38(34)48/h5-22H,1-4H3. The molecular formula is C42H30F3N3. The molecule has 0 aliphatic heterocycles. The third-order valence-electron chi connectivity index (χ3n) is 9.36. The van der Waals surface area contributed by atoms with Gasteiger partial charge in [0.05, 0.1) is 45.1 Å². The van der Waals surface area contributed by atoms with Crippen molar-refractivity contribution >= 4 is 43.6 Å². The Morgan fingerprint density at radius 1 is 0.542 bits per heavy atom. The number of benzene rings is 6. The molecule has 8 rings (SSSR count). The van der Waals surface area contributed by atoms with Gasteiger partial charge in [-0.15, -0.1) is 0 Å². The van der Waals surface area contributed by atoms with Crippen LogP contribution in [0.1, 0.15) is 33.4 Å². The molecule has 0 radical (unpaired) electrons. The Morgan fingerprint density at radius 3 is 1.44 bits per heavy atom. The largest absolute Gasteiger partial charge is 0.420 e. The van der Waals surface area contributed by atoms with Gasteiger partial charge in [0.2, 0.25) is 0 Å². The lowest BCUT2D eigenvalue weighted by atomic mass is 9.96. The molecule has 0 fully saturated rings. The van der Waals surface area contributed by atoms with Crippen molar-refractivity contribution in [2.24, 2.45) is 0 Å². The van der Waals surface area contributed by atoms with Crippen molar-refractivity contribution in [2.75, 3.05) is 0 Å². The molecule has 6 heteroatoms. The zero-order chi connectivity index (χ0) is 33.5. The smallest absolute Gasteiger partial charge is 0.309 e. The van der Waals surface area contributed by atoms with Crippen molar-refractivity contribution in [3.63, 3.8) is 0 Å². The average Bonchev–Trinajstić information content (AvgIpc) is 3.54. The molecule has 234 valence electrons. The van der Waals surface area contributed by atoms with E-state index in [1.807, 2.05) is 100 Å². The number of halogens is 3. The molecular weight excluding hydrogens is 603 g/mol. The molecule has 0 aliphatic carbocycles. The van der Waals surface area contributed by atoms with E-state index in [2.05, 4.69) is 6.07 Å². The summed E-state index contributed by atoms with van der Waals surface area (Å²) >= 11 is 0. The Bertz CT molecular complexity index is 2540. The van der Waals surface area contributed by atoms with Crippen molar-refractivity contribution in [3.05, 3.63) is 143 Å².